The molecule has 1 atom stereocenters. The number of nitrogens with zero attached hydrogens (tertiary/aromatic N) is 2. The van der Waals surface area contributed by atoms with E-state index in [-0.39, 0.29) is 5.91 Å². The molecule has 0 bridgehead atoms. The number of amides is 1. The fourth-order valence-corrected chi connectivity index (χ4v) is 2.57. The van der Waals surface area contributed by atoms with Crippen LogP contribution in [0.15, 0.2) is 41.0 Å². The molecule has 0 aliphatic heterocycles. The normalized spacial score (nSPS) is 15.9. The van der Waals surface area contributed by atoms with Crippen molar-refractivity contribution in [2.24, 2.45) is 5.92 Å². The van der Waals surface area contributed by atoms with Crippen molar-refractivity contribution in [3.8, 4) is 0 Å². The summed E-state index contributed by atoms with van der Waals surface area (Å²) in [6.45, 7) is 2.15. The van der Waals surface area contributed by atoms with E-state index in [1.807, 2.05) is 22.9 Å². The summed E-state index contributed by atoms with van der Waals surface area (Å²) in [5.41, 5.74) is 0.639. The number of anilines is 1. The second-order valence-corrected chi connectivity index (χ2v) is 6.12. The fraction of sp³-hybridized carbons (Fsp3) is 0.333. The lowest BCUT2D eigenvalue weighted by Crippen LogP contribution is -2.18. The Hall–Kier alpha value is -1.62. The number of rotatable bonds is 4. The SMILES string of the molecule is CC(C1CC1)n1nccc1NC(=O)c1ccc(Br)cc1. The number of aromatic nitrogens is 2. The predicted molar refractivity (Wildman–Crippen MR) is 81.8 cm³/mol. The molecule has 2 aromatic rings. The monoisotopic (exact) mass is 333 g/mol. The van der Waals surface area contributed by atoms with E-state index in [2.05, 4.69) is 33.3 Å². The Labute approximate surface area is 126 Å². The second kappa shape index (κ2) is 5.40. The van der Waals surface area contributed by atoms with Crippen LogP contribution in [-0.4, -0.2) is 15.7 Å². The Morgan fingerprint density at radius 1 is 1.35 bits per heavy atom. The van der Waals surface area contributed by atoms with Gasteiger partial charge >= 0.3 is 0 Å². The smallest absolute Gasteiger partial charge is 0.256 e. The number of hydrogen-bond donors (Lipinski definition) is 1. The van der Waals surface area contributed by atoms with Gasteiger partial charge in [-0.1, -0.05) is 15.9 Å². The first-order valence-electron chi connectivity index (χ1n) is 6.75. The van der Waals surface area contributed by atoms with Crippen LogP contribution in [0.2, 0.25) is 0 Å². The highest BCUT2D eigenvalue weighted by Gasteiger charge is 2.30. The minimum Gasteiger partial charge on any atom is -0.307 e. The van der Waals surface area contributed by atoms with E-state index < -0.39 is 0 Å². The molecule has 1 aliphatic carbocycles. The third kappa shape index (κ3) is 2.77. The molecule has 0 saturated heterocycles. The van der Waals surface area contributed by atoms with E-state index in [1.54, 1.807) is 18.3 Å². The average Bonchev–Trinajstić information content (AvgIpc) is 3.19. The van der Waals surface area contributed by atoms with Crippen molar-refractivity contribution < 1.29 is 4.79 Å². The second-order valence-electron chi connectivity index (χ2n) is 5.20. The van der Waals surface area contributed by atoms with Gasteiger partial charge in [0.2, 0.25) is 0 Å². The lowest BCUT2D eigenvalue weighted by molar-refractivity contribution is 0.102. The molecule has 1 saturated carbocycles. The van der Waals surface area contributed by atoms with Crippen molar-refractivity contribution in [1.29, 1.82) is 0 Å². The Balaban J connectivity index is 1.76. The lowest BCUT2D eigenvalue weighted by atomic mass is 10.2. The van der Waals surface area contributed by atoms with Gasteiger partial charge in [0.1, 0.15) is 5.82 Å². The quantitative estimate of drug-likeness (QED) is 0.923. The third-order valence-electron chi connectivity index (χ3n) is 3.71. The molecule has 4 nitrogen and oxygen atoms in total. The zero-order valence-electron chi connectivity index (χ0n) is 11.2. The Morgan fingerprint density at radius 3 is 2.70 bits per heavy atom. The first-order valence-corrected chi connectivity index (χ1v) is 7.55. The number of carbonyl (C=O) groups is 1. The van der Waals surface area contributed by atoms with E-state index in [0.29, 0.717) is 17.5 Å². The number of halogens is 1. The maximum Gasteiger partial charge on any atom is 0.256 e. The summed E-state index contributed by atoms with van der Waals surface area (Å²) in [6, 6.07) is 9.49. The maximum atomic E-state index is 12.2. The average molecular weight is 334 g/mol. The molecule has 1 aliphatic rings. The summed E-state index contributed by atoms with van der Waals surface area (Å²) < 4.78 is 2.87. The molecular weight excluding hydrogens is 318 g/mol. The summed E-state index contributed by atoms with van der Waals surface area (Å²) in [5.74, 6) is 1.35. The summed E-state index contributed by atoms with van der Waals surface area (Å²) >= 11 is 3.36. The molecule has 1 aromatic heterocycles. The third-order valence-corrected chi connectivity index (χ3v) is 4.24. The summed E-state index contributed by atoms with van der Waals surface area (Å²) in [5, 5.41) is 7.27. The van der Waals surface area contributed by atoms with Crippen molar-refractivity contribution in [3.05, 3.63) is 46.6 Å². The van der Waals surface area contributed by atoms with Crippen molar-refractivity contribution in [2.75, 3.05) is 5.32 Å². The van der Waals surface area contributed by atoms with Crippen molar-refractivity contribution in [1.82, 2.24) is 9.78 Å². The van der Waals surface area contributed by atoms with Crippen LogP contribution in [0, 0.1) is 5.92 Å². The van der Waals surface area contributed by atoms with Crippen LogP contribution in [0.4, 0.5) is 5.82 Å². The van der Waals surface area contributed by atoms with Crippen LogP contribution in [0.3, 0.4) is 0 Å². The molecule has 0 spiro atoms. The highest BCUT2D eigenvalue weighted by molar-refractivity contribution is 9.10. The Morgan fingerprint density at radius 2 is 2.05 bits per heavy atom. The van der Waals surface area contributed by atoms with Gasteiger partial charge < -0.3 is 5.32 Å². The van der Waals surface area contributed by atoms with Gasteiger partial charge in [0.15, 0.2) is 0 Å². The summed E-state index contributed by atoms with van der Waals surface area (Å²) in [6.07, 6.45) is 4.23. The zero-order chi connectivity index (χ0) is 14.1. The number of hydrogen-bond acceptors (Lipinski definition) is 2. The molecular formula is C15H16BrN3O. The molecule has 20 heavy (non-hydrogen) atoms. The van der Waals surface area contributed by atoms with Crippen molar-refractivity contribution in [3.63, 3.8) is 0 Å². The van der Waals surface area contributed by atoms with Crippen LogP contribution >= 0.6 is 15.9 Å². The number of carbonyl (C=O) groups excluding carboxylic acids is 1. The topological polar surface area (TPSA) is 46.9 Å². The van der Waals surface area contributed by atoms with Crippen molar-refractivity contribution >= 4 is 27.7 Å². The van der Waals surface area contributed by atoms with Gasteiger partial charge in [-0.05, 0) is 49.9 Å². The Bertz CT molecular complexity index is 616. The molecule has 3 rings (SSSR count). The molecule has 0 radical (unpaired) electrons. The van der Waals surface area contributed by atoms with Crippen molar-refractivity contribution in [2.45, 2.75) is 25.8 Å². The van der Waals surface area contributed by atoms with Crippen LogP contribution in [0.5, 0.6) is 0 Å². The molecule has 5 heteroatoms. The van der Waals surface area contributed by atoms with Gasteiger partial charge in [-0.15, -0.1) is 0 Å². The minimum atomic E-state index is -0.109. The van der Waals surface area contributed by atoms with Gasteiger partial charge in [0, 0.05) is 16.1 Å². The van der Waals surface area contributed by atoms with Crippen LogP contribution in [0.25, 0.3) is 0 Å². The summed E-state index contributed by atoms with van der Waals surface area (Å²) in [4.78, 5) is 12.2. The molecule has 1 heterocycles. The summed E-state index contributed by atoms with van der Waals surface area (Å²) in [7, 11) is 0. The van der Waals surface area contributed by atoms with E-state index in [1.165, 1.54) is 12.8 Å². The van der Waals surface area contributed by atoms with Gasteiger partial charge in [0.05, 0.1) is 12.2 Å². The molecule has 1 N–H and O–H groups in total. The molecule has 1 fully saturated rings. The highest BCUT2D eigenvalue weighted by atomic mass is 79.9. The van der Waals surface area contributed by atoms with E-state index in [4.69, 9.17) is 0 Å². The standard InChI is InChI=1S/C15H16BrN3O/c1-10(11-2-3-11)19-14(8-9-17-19)18-15(20)12-4-6-13(16)7-5-12/h4-11H,2-3H2,1H3,(H,18,20). The lowest BCUT2D eigenvalue weighted by Gasteiger charge is -2.15. The zero-order valence-corrected chi connectivity index (χ0v) is 12.8. The predicted octanol–water partition coefficient (Wildman–Crippen LogP) is 3.87. The number of nitrogens with one attached hydrogen (secondary N) is 1. The first-order chi connectivity index (χ1) is 9.65. The number of benzene rings is 1. The minimum absolute atomic E-state index is 0.109. The van der Waals surface area contributed by atoms with E-state index in [0.717, 1.165) is 10.3 Å². The molecule has 104 valence electrons. The van der Waals surface area contributed by atoms with E-state index >= 15 is 0 Å². The molecule has 1 aromatic carbocycles. The van der Waals surface area contributed by atoms with Gasteiger partial charge in [-0.2, -0.15) is 5.10 Å². The molecule has 1 unspecified atom stereocenters. The molecule has 1 amide bonds. The van der Waals surface area contributed by atoms with E-state index in [9.17, 15) is 4.79 Å². The fourth-order valence-electron chi connectivity index (χ4n) is 2.31. The van der Waals surface area contributed by atoms with Crippen LogP contribution < -0.4 is 5.32 Å². The maximum absolute atomic E-state index is 12.2. The van der Waals surface area contributed by atoms with Gasteiger partial charge in [-0.25, -0.2) is 4.68 Å². The highest BCUT2D eigenvalue weighted by Crippen LogP contribution is 2.40. The van der Waals surface area contributed by atoms with Crippen LogP contribution in [0.1, 0.15) is 36.2 Å². The first kappa shape index (κ1) is 13.4. The van der Waals surface area contributed by atoms with Gasteiger partial charge in [0.25, 0.3) is 5.91 Å². The van der Waals surface area contributed by atoms with Gasteiger partial charge in [-0.3, -0.25) is 4.79 Å². The van der Waals surface area contributed by atoms with Crippen LogP contribution in [-0.2, 0) is 0 Å². The largest absolute Gasteiger partial charge is 0.307 e. The Kier molecular flexibility index (Phi) is 3.61.